The fourth-order valence-corrected chi connectivity index (χ4v) is 2.52. The normalized spacial score (nSPS) is 14.7. The molecule has 4 nitrogen and oxygen atoms in total. The lowest BCUT2D eigenvalue weighted by atomic mass is 10.2. The Bertz CT molecular complexity index is 452. The molecule has 1 fully saturated rings. The summed E-state index contributed by atoms with van der Waals surface area (Å²) in [6.07, 6.45) is 3.13. The molecule has 21 heavy (non-hydrogen) atoms. The van der Waals surface area contributed by atoms with Gasteiger partial charge in [0.1, 0.15) is 0 Å². The van der Waals surface area contributed by atoms with Crippen molar-refractivity contribution in [3.8, 4) is 0 Å². The summed E-state index contributed by atoms with van der Waals surface area (Å²) in [7, 11) is 0. The van der Waals surface area contributed by atoms with Gasteiger partial charge in [0.05, 0.1) is 0 Å². The summed E-state index contributed by atoms with van der Waals surface area (Å²) < 4.78 is 0. The van der Waals surface area contributed by atoms with Gasteiger partial charge >= 0.3 is 0 Å². The predicted molar refractivity (Wildman–Crippen MR) is 87.0 cm³/mol. The Morgan fingerprint density at radius 3 is 2.52 bits per heavy atom. The molecule has 4 heteroatoms. The molecule has 1 aliphatic carbocycles. The molecule has 1 saturated carbocycles. The van der Waals surface area contributed by atoms with E-state index in [4.69, 9.17) is 5.73 Å². The van der Waals surface area contributed by atoms with Gasteiger partial charge in [-0.05, 0) is 36.5 Å². The molecule has 1 aromatic rings. The Balaban J connectivity index is 1.77. The quantitative estimate of drug-likeness (QED) is 0.773. The number of anilines is 1. The van der Waals surface area contributed by atoms with Crippen molar-refractivity contribution in [3.05, 3.63) is 29.8 Å². The second-order valence-corrected chi connectivity index (χ2v) is 6.32. The molecule has 0 aromatic heterocycles. The number of amides is 1. The lowest BCUT2D eigenvalue weighted by Gasteiger charge is -2.23. The molecular formula is C17H27N3O. The van der Waals surface area contributed by atoms with E-state index in [0.29, 0.717) is 24.9 Å². The van der Waals surface area contributed by atoms with Gasteiger partial charge in [-0.2, -0.15) is 0 Å². The zero-order chi connectivity index (χ0) is 15.2. The van der Waals surface area contributed by atoms with Crippen LogP contribution in [0.5, 0.6) is 0 Å². The maximum atomic E-state index is 12.0. The topological polar surface area (TPSA) is 58.4 Å². The van der Waals surface area contributed by atoms with Crippen molar-refractivity contribution in [1.82, 2.24) is 4.90 Å². The number of carbonyl (C=O) groups is 1. The molecule has 2 rings (SSSR count). The Morgan fingerprint density at radius 1 is 1.33 bits per heavy atom. The number of nitrogens with zero attached hydrogens (tertiary/aromatic N) is 1. The van der Waals surface area contributed by atoms with Gasteiger partial charge in [-0.3, -0.25) is 9.69 Å². The lowest BCUT2D eigenvalue weighted by molar-refractivity contribution is -0.116. The van der Waals surface area contributed by atoms with Crippen LogP contribution in [0.1, 0.15) is 38.7 Å². The molecule has 0 saturated heterocycles. The van der Waals surface area contributed by atoms with Gasteiger partial charge in [0.15, 0.2) is 0 Å². The third-order valence-electron chi connectivity index (χ3n) is 3.76. The highest BCUT2D eigenvalue weighted by molar-refractivity contribution is 5.90. The fraction of sp³-hybridized carbons (Fsp3) is 0.588. The van der Waals surface area contributed by atoms with Gasteiger partial charge in [0, 0.05) is 37.8 Å². The first kappa shape index (κ1) is 16.0. The van der Waals surface area contributed by atoms with Gasteiger partial charge in [-0.1, -0.05) is 26.0 Å². The first-order valence-electron chi connectivity index (χ1n) is 7.91. The van der Waals surface area contributed by atoms with E-state index in [-0.39, 0.29) is 5.91 Å². The third-order valence-corrected chi connectivity index (χ3v) is 3.76. The highest BCUT2D eigenvalue weighted by Crippen LogP contribution is 2.27. The summed E-state index contributed by atoms with van der Waals surface area (Å²) in [4.78, 5) is 14.5. The van der Waals surface area contributed by atoms with Crippen LogP contribution >= 0.6 is 0 Å². The highest BCUT2D eigenvalue weighted by atomic mass is 16.1. The monoisotopic (exact) mass is 289 g/mol. The molecule has 1 aromatic carbocycles. The van der Waals surface area contributed by atoms with E-state index in [1.54, 1.807) is 0 Å². The first-order chi connectivity index (χ1) is 10.1. The molecule has 0 aliphatic heterocycles. The zero-order valence-electron chi connectivity index (χ0n) is 13.1. The maximum Gasteiger partial charge on any atom is 0.225 e. The number of hydrogen-bond donors (Lipinski definition) is 2. The van der Waals surface area contributed by atoms with Crippen molar-refractivity contribution in [2.24, 2.45) is 11.7 Å². The molecule has 0 spiro atoms. The molecule has 0 radical (unpaired) electrons. The molecule has 0 heterocycles. The van der Waals surface area contributed by atoms with Crippen molar-refractivity contribution in [2.75, 3.05) is 18.4 Å². The van der Waals surface area contributed by atoms with Crippen LogP contribution in [0.25, 0.3) is 0 Å². The number of nitrogens with one attached hydrogen (secondary N) is 1. The number of benzene rings is 1. The van der Waals surface area contributed by atoms with Crippen LogP contribution in [0.3, 0.4) is 0 Å². The van der Waals surface area contributed by atoms with Gasteiger partial charge in [-0.25, -0.2) is 0 Å². The van der Waals surface area contributed by atoms with Crippen molar-refractivity contribution < 1.29 is 4.79 Å². The van der Waals surface area contributed by atoms with Crippen molar-refractivity contribution in [3.63, 3.8) is 0 Å². The fourth-order valence-electron chi connectivity index (χ4n) is 2.52. The summed E-state index contributed by atoms with van der Waals surface area (Å²) in [5, 5.41) is 2.95. The van der Waals surface area contributed by atoms with Crippen LogP contribution in [0, 0.1) is 5.92 Å². The minimum Gasteiger partial charge on any atom is -0.326 e. The van der Waals surface area contributed by atoms with Gasteiger partial charge in [-0.15, -0.1) is 0 Å². The molecule has 0 unspecified atom stereocenters. The number of carbonyl (C=O) groups excluding carboxylic acids is 1. The Morgan fingerprint density at radius 2 is 2.00 bits per heavy atom. The largest absolute Gasteiger partial charge is 0.326 e. The van der Waals surface area contributed by atoms with E-state index < -0.39 is 0 Å². The van der Waals surface area contributed by atoms with Crippen LogP contribution in [-0.4, -0.2) is 29.9 Å². The molecule has 116 valence electrons. The maximum absolute atomic E-state index is 12.0. The van der Waals surface area contributed by atoms with E-state index in [9.17, 15) is 4.79 Å². The summed E-state index contributed by atoms with van der Waals surface area (Å²) in [5.41, 5.74) is 7.48. The van der Waals surface area contributed by atoms with Crippen molar-refractivity contribution >= 4 is 11.6 Å². The zero-order valence-corrected chi connectivity index (χ0v) is 13.1. The summed E-state index contributed by atoms with van der Waals surface area (Å²) in [5.74, 6) is 0.738. The molecule has 3 N–H and O–H groups in total. The first-order valence-corrected chi connectivity index (χ1v) is 7.91. The summed E-state index contributed by atoms with van der Waals surface area (Å²) in [6.45, 7) is 6.93. The second-order valence-electron chi connectivity index (χ2n) is 6.32. The third kappa shape index (κ3) is 5.48. The van der Waals surface area contributed by atoms with Gasteiger partial charge < -0.3 is 11.1 Å². The van der Waals surface area contributed by atoms with Crippen molar-refractivity contribution in [2.45, 2.75) is 45.7 Å². The Kier molecular flexibility index (Phi) is 5.76. The molecule has 0 bridgehead atoms. The second kappa shape index (κ2) is 7.57. The van der Waals surface area contributed by atoms with Gasteiger partial charge in [0.2, 0.25) is 5.91 Å². The number of hydrogen-bond acceptors (Lipinski definition) is 3. The van der Waals surface area contributed by atoms with Crippen molar-refractivity contribution in [1.29, 1.82) is 0 Å². The SMILES string of the molecule is CC(C)CN(CCC(=O)Nc1ccc(CN)cc1)C1CC1. The molecular weight excluding hydrogens is 262 g/mol. The smallest absolute Gasteiger partial charge is 0.225 e. The Labute approximate surface area is 127 Å². The van der Waals surface area contributed by atoms with Crippen LogP contribution in [0.4, 0.5) is 5.69 Å². The van der Waals surface area contributed by atoms with E-state index in [2.05, 4.69) is 24.1 Å². The molecule has 1 amide bonds. The standard InChI is InChI=1S/C17H27N3O/c1-13(2)12-20(16-7-8-16)10-9-17(21)19-15-5-3-14(11-18)4-6-15/h3-6,13,16H,7-12,18H2,1-2H3,(H,19,21). The lowest BCUT2D eigenvalue weighted by Crippen LogP contribution is -2.33. The van der Waals surface area contributed by atoms with E-state index in [0.717, 1.165) is 24.3 Å². The minimum absolute atomic E-state index is 0.0879. The van der Waals surface area contributed by atoms with Crippen LogP contribution < -0.4 is 11.1 Å². The van der Waals surface area contributed by atoms with E-state index >= 15 is 0 Å². The van der Waals surface area contributed by atoms with Gasteiger partial charge in [0.25, 0.3) is 0 Å². The molecule has 0 atom stereocenters. The molecule has 1 aliphatic rings. The minimum atomic E-state index is 0.0879. The highest BCUT2D eigenvalue weighted by Gasteiger charge is 2.29. The average Bonchev–Trinajstić information content (AvgIpc) is 3.28. The van der Waals surface area contributed by atoms with E-state index in [1.165, 1.54) is 12.8 Å². The van der Waals surface area contributed by atoms with Crippen LogP contribution in [0.15, 0.2) is 24.3 Å². The summed E-state index contributed by atoms with van der Waals surface area (Å²) >= 11 is 0. The van der Waals surface area contributed by atoms with Crippen LogP contribution in [0.2, 0.25) is 0 Å². The number of rotatable bonds is 8. The number of nitrogens with two attached hydrogens (primary N) is 1. The summed E-state index contributed by atoms with van der Waals surface area (Å²) in [6, 6.07) is 8.43. The Hall–Kier alpha value is -1.39. The van der Waals surface area contributed by atoms with E-state index in [1.807, 2.05) is 24.3 Å². The predicted octanol–water partition coefficient (Wildman–Crippen LogP) is 2.59. The average molecular weight is 289 g/mol. The van der Waals surface area contributed by atoms with Crippen LogP contribution in [-0.2, 0) is 11.3 Å².